The first kappa shape index (κ1) is 15.7. The van der Waals surface area contributed by atoms with Crippen molar-refractivity contribution in [2.45, 2.75) is 26.8 Å². The zero-order chi connectivity index (χ0) is 15.7. The number of nitrogen functional groups attached to an aromatic ring is 1. The molecule has 2 aromatic rings. The molecule has 0 aliphatic carbocycles. The minimum Gasteiger partial charge on any atom is -0.397 e. The Morgan fingerprint density at radius 2 is 2.05 bits per heavy atom. The molecule has 3 N–H and O–H groups in total. The minimum absolute atomic E-state index is 0.242. The third kappa shape index (κ3) is 3.14. The number of nitrogens with zero attached hydrogens (tertiary/aromatic N) is 1. The number of carbonyl (C=O) groups is 1. The van der Waals surface area contributed by atoms with Gasteiger partial charge < -0.3 is 15.6 Å². The van der Waals surface area contributed by atoms with Gasteiger partial charge in [-0.3, -0.25) is 4.79 Å². The van der Waals surface area contributed by atoms with Gasteiger partial charge in [0.2, 0.25) is 0 Å². The number of carbonyl (C=O) groups excluding carboxylic acids is 1. The monoisotopic (exact) mass is 327 g/mol. The molecule has 1 aromatic heterocycles. The number of hydrogen-bond donors (Lipinski definition) is 2. The molecule has 1 aromatic carbocycles. The van der Waals surface area contributed by atoms with E-state index in [0.29, 0.717) is 11.3 Å². The van der Waals surface area contributed by atoms with Crippen LogP contribution < -0.4 is 11.1 Å². The van der Waals surface area contributed by atoms with Gasteiger partial charge >= 0.3 is 0 Å². The molecule has 7 heteroatoms. The zero-order valence-corrected chi connectivity index (χ0v) is 13.3. The fourth-order valence-corrected chi connectivity index (χ4v) is 2.54. The molecule has 0 fully saturated rings. The molecule has 112 valence electrons. The van der Waals surface area contributed by atoms with Gasteiger partial charge in [0.1, 0.15) is 5.76 Å². The van der Waals surface area contributed by atoms with E-state index in [2.05, 4.69) is 10.5 Å². The van der Waals surface area contributed by atoms with Gasteiger partial charge in [-0.25, -0.2) is 0 Å². The third-order valence-corrected chi connectivity index (χ3v) is 4.00. The predicted molar refractivity (Wildman–Crippen MR) is 82.7 cm³/mol. The van der Waals surface area contributed by atoms with Crippen LogP contribution in [0, 0.1) is 13.8 Å². The van der Waals surface area contributed by atoms with Gasteiger partial charge in [-0.1, -0.05) is 28.4 Å². The maximum atomic E-state index is 12.3. The molecular formula is C14H15Cl2N3O2. The van der Waals surface area contributed by atoms with Crippen LogP contribution in [0.3, 0.4) is 0 Å². The van der Waals surface area contributed by atoms with Crippen molar-refractivity contribution in [2.24, 2.45) is 0 Å². The van der Waals surface area contributed by atoms with E-state index in [0.717, 1.165) is 11.3 Å². The summed E-state index contributed by atoms with van der Waals surface area (Å²) in [6, 6.07) is 2.72. The topological polar surface area (TPSA) is 81.2 Å². The quantitative estimate of drug-likeness (QED) is 0.842. The van der Waals surface area contributed by atoms with Crippen molar-refractivity contribution >= 4 is 34.8 Å². The van der Waals surface area contributed by atoms with Gasteiger partial charge in [0, 0.05) is 11.1 Å². The molecule has 1 heterocycles. The van der Waals surface area contributed by atoms with Crippen molar-refractivity contribution in [1.82, 2.24) is 10.5 Å². The maximum absolute atomic E-state index is 12.3. The highest BCUT2D eigenvalue weighted by Gasteiger charge is 2.19. The SMILES string of the molecule is Cc1noc(C)c1C(C)NC(=O)c1cc(N)c(Cl)c(Cl)c1. The maximum Gasteiger partial charge on any atom is 0.251 e. The molecule has 21 heavy (non-hydrogen) atoms. The first-order valence-electron chi connectivity index (χ1n) is 6.29. The third-order valence-electron chi connectivity index (χ3n) is 3.19. The second-order valence-electron chi connectivity index (χ2n) is 4.79. The number of amides is 1. The van der Waals surface area contributed by atoms with Crippen molar-refractivity contribution in [3.8, 4) is 0 Å². The van der Waals surface area contributed by atoms with Crippen molar-refractivity contribution < 1.29 is 9.32 Å². The number of rotatable bonds is 3. The van der Waals surface area contributed by atoms with Crippen LogP contribution in [-0.2, 0) is 0 Å². The van der Waals surface area contributed by atoms with E-state index in [1.807, 2.05) is 13.8 Å². The second kappa shape index (κ2) is 5.95. The number of aromatic nitrogens is 1. The molecule has 0 bridgehead atoms. The van der Waals surface area contributed by atoms with Crippen LogP contribution in [0.2, 0.25) is 10.0 Å². The van der Waals surface area contributed by atoms with E-state index >= 15 is 0 Å². The largest absolute Gasteiger partial charge is 0.397 e. The summed E-state index contributed by atoms with van der Waals surface area (Å²) in [5.74, 6) is 0.377. The van der Waals surface area contributed by atoms with Crippen LogP contribution >= 0.6 is 23.2 Å². The Bertz CT molecular complexity index is 655. The number of hydrogen-bond acceptors (Lipinski definition) is 4. The van der Waals surface area contributed by atoms with Gasteiger partial charge in [0.05, 0.1) is 27.5 Å². The Labute approximate surface area is 132 Å². The Balaban J connectivity index is 2.22. The molecule has 1 unspecified atom stereocenters. The summed E-state index contributed by atoms with van der Waals surface area (Å²) in [7, 11) is 0. The predicted octanol–water partition coefficient (Wildman–Crippen LogP) is 3.67. The van der Waals surface area contributed by atoms with E-state index in [1.54, 1.807) is 6.92 Å². The standard InChI is InChI=1S/C14H15Cl2N3O2/c1-6(12-7(2)19-21-8(12)3)18-14(20)9-4-10(15)13(16)11(17)5-9/h4-6H,17H2,1-3H3,(H,18,20). The highest BCUT2D eigenvalue weighted by atomic mass is 35.5. The fourth-order valence-electron chi connectivity index (χ4n) is 2.20. The average Bonchev–Trinajstić information content (AvgIpc) is 2.74. The lowest BCUT2D eigenvalue weighted by Gasteiger charge is -2.14. The Hall–Kier alpha value is -1.72. The van der Waals surface area contributed by atoms with Gasteiger partial charge in [-0.2, -0.15) is 0 Å². The summed E-state index contributed by atoms with van der Waals surface area (Å²) < 4.78 is 5.10. The Morgan fingerprint density at radius 3 is 2.57 bits per heavy atom. The van der Waals surface area contributed by atoms with E-state index < -0.39 is 0 Å². The highest BCUT2D eigenvalue weighted by Crippen LogP contribution is 2.29. The summed E-state index contributed by atoms with van der Waals surface area (Å²) in [6.07, 6.45) is 0. The molecule has 0 aliphatic rings. The Morgan fingerprint density at radius 1 is 1.38 bits per heavy atom. The lowest BCUT2D eigenvalue weighted by Crippen LogP contribution is -2.27. The van der Waals surface area contributed by atoms with Crippen LogP contribution in [0.1, 0.15) is 40.3 Å². The number of anilines is 1. The summed E-state index contributed by atoms with van der Waals surface area (Å²) in [5.41, 5.74) is 7.92. The molecule has 5 nitrogen and oxygen atoms in total. The summed E-state index contributed by atoms with van der Waals surface area (Å²) in [6.45, 7) is 5.48. The number of benzene rings is 1. The van der Waals surface area contributed by atoms with Gasteiger partial charge in [0.15, 0.2) is 0 Å². The van der Waals surface area contributed by atoms with Crippen LogP contribution in [-0.4, -0.2) is 11.1 Å². The molecular weight excluding hydrogens is 313 g/mol. The number of aryl methyl sites for hydroxylation is 2. The van der Waals surface area contributed by atoms with Crippen molar-refractivity contribution in [3.05, 3.63) is 44.8 Å². The van der Waals surface area contributed by atoms with Crippen LogP contribution in [0.5, 0.6) is 0 Å². The first-order chi connectivity index (χ1) is 9.81. The number of nitrogens with two attached hydrogens (primary N) is 1. The van der Waals surface area contributed by atoms with Crippen LogP contribution in [0.4, 0.5) is 5.69 Å². The van der Waals surface area contributed by atoms with E-state index in [9.17, 15) is 4.79 Å². The smallest absolute Gasteiger partial charge is 0.251 e. The molecule has 2 rings (SSSR count). The van der Waals surface area contributed by atoms with Gasteiger partial charge in [-0.15, -0.1) is 0 Å². The molecule has 1 amide bonds. The average molecular weight is 328 g/mol. The van der Waals surface area contributed by atoms with Crippen molar-refractivity contribution in [1.29, 1.82) is 0 Å². The second-order valence-corrected chi connectivity index (χ2v) is 5.58. The van der Waals surface area contributed by atoms with E-state index in [4.69, 9.17) is 33.5 Å². The first-order valence-corrected chi connectivity index (χ1v) is 7.05. The number of nitrogens with one attached hydrogen (secondary N) is 1. The molecule has 0 saturated heterocycles. The Kier molecular flexibility index (Phi) is 4.44. The summed E-state index contributed by atoms with van der Waals surface area (Å²) >= 11 is 11.8. The zero-order valence-electron chi connectivity index (χ0n) is 11.8. The summed E-state index contributed by atoms with van der Waals surface area (Å²) in [5, 5.41) is 7.22. The van der Waals surface area contributed by atoms with Crippen LogP contribution in [0.25, 0.3) is 0 Å². The molecule has 0 saturated carbocycles. The number of halogens is 2. The fraction of sp³-hybridized carbons (Fsp3) is 0.286. The molecule has 0 radical (unpaired) electrons. The lowest BCUT2D eigenvalue weighted by molar-refractivity contribution is 0.0939. The summed E-state index contributed by atoms with van der Waals surface area (Å²) in [4.78, 5) is 12.3. The molecule has 0 spiro atoms. The lowest BCUT2D eigenvalue weighted by atomic mass is 10.1. The van der Waals surface area contributed by atoms with Gasteiger partial charge in [0.25, 0.3) is 5.91 Å². The van der Waals surface area contributed by atoms with E-state index in [1.165, 1.54) is 12.1 Å². The highest BCUT2D eigenvalue weighted by molar-refractivity contribution is 6.43. The van der Waals surface area contributed by atoms with Crippen LogP contribution in [0.15, 0.2) is 16.7 Å². The van der Waals surface area contributed by atoms with Gasteiger partial charge in [-0.05, 0) is 32.9 Å². The molecule has 0 aliphatic heterocycles. The van der Waals surface area contributed by atoms with Crippen molar-refractivity contribution in [2.75, 3.05) is 5.73 Å². The van der Waals surface area contributed by atoms with E-state index in [-0.39, 0.29) is 27.7 Å². The normalized spacial score (nSPS) is 12.2. The molecule has 1 atom stereocenters. The minimum atomic E-state index is -0.298. The van der Waals surface area contributed by atoms with Crippen molar-refractivity contribution in [3.63, 3.8) is 0 Å².